The third-order valence-corrected chi connectivity index (χ3v) is 6.88. The van der Waals surface area contributed by atoms with Crippen LogP contribution in [0.25, 0.3) is 11.0 Å². The van der Waals surface area contributed by atoms with Crippen molar-refractivity contribution >= 4 is 22.7 Å². The zero-order valence-corrected chi connectivity index (χ0v) is 19.9. The molecule has 182 valence electrons. The third-order valence-electron chi connectivity index (χ3n) is 6.88. The molecular formula is C28H30N2O5. The van der Waals surface area contributed by atoms with Gasteiger partial charge in [0.2, 0.25) is 5.78 Å². The maximum absolute atomic E-state index is 13.6. The molecule has 0 bridgehead atoms. The lowest BCUT2D eigenvalue weighted by Crippen LogP contribution is -2.39. The van der Waals surface area contributed by atoms with Gasteiger partial charge >= 0.3 is 0 Å². The van der Waals surface area contributed by atoms with Crippen molar-refractivity contribution in [3.05, 3.63) is 82.8 Å². The summed E-state index contributed by atoms with van der Waals surface area (Å²) in [5.74, 6) is -1.36. The van der Waals surface area contributed by atoms with Crippen molar-refractivity contribution in [3.8, 4) is 0 Å². The minimum atomic E-state index is -0.668. The molecule has 1 N–H and O–H groups in total. The summed E-state index contributed by atoms with van der Waals surface area (Å²) in [7, 11) is 0. The van der Waals surface area contributed by atoms with Crippen LogP contribution < -0.4 is 0 Å². The Morgan fingerprint density at radius 3 is 2.51 bits per heavy atom. The second-order valence-electron chi connectivity index (χ2n) is 9.04. The van der Waals surface area contributed by atoms with Gasteiger partial charge in [0.25, 0.3) is 5.91 Å². The van der Waals surface area contributed by atoms with Gasteiger partial charge in [0.05, 0.1) is 24.8 Å². The molecular weight excluding hydrogens is 444 g/mol. The van der Waals surface area contributed by atoms with E-state index in [1.807, 2.05) is 42.5 Å². The normalized spacial score (nSPS) is 19.2. The van der Waals surface area contributed by atoms with Gasteiger partial charge < -0.3 is 19.2 Å². The first kappa shape index (κ1) is 23.3. The third kappa shape index (κ3) is 4.61. The summed E-state index contributed by atoms with van der Waals surface area (Å²) < 4.78 is 11.2. The van der Waals surface area contributed by atoms with Crippen molar-refractivity contribution in [2.75, 3.05) is 39.4 Å². The summed E-state index contributed by atoms with van der Waals surface area (Å²) in [6, 6.07) is 16.3. The molecule has 5 rings (SSSR count). The van der Waals surface area contributed by atoms with E-state index in [-0.39, 0.29) is 11.3 Å². The Bertz CT molecular complexity index is 1220. The number of carbonyl (C=O) groups excluding carboxylic acids is 2. The van der Waals surface area contributed by atoms with E-state index < -0.39 is 23.5 Å². The van der Waals surface area contributed by atoms with Crippen LogP contribution in [0.1, 0.15) is 41.1 Å². The quantitative estimate of drug-likeness (QED) is 0.490. The largest absolute Gasteiger partial charge is 0.503 e. The minimum absolute atomic E-state index is 0.0738. The summed E-state index contributed by atoms with van der Waals surface area (Å²) in [6.45, 7) is 6.50. The molecule has 3 heterocycles. The number of nitrogens with zero attached hydrogens (tertiary/aromatic N) is 2. The molecule has 1 amide bonds. The van der Waals surface area contributed by atoms with Gasteiger partial charge in [-0.05, 0) is 36.1 Å². The molecule has 35 heavy (non-hydrogen) atoms. The zero-order valence-electron chi connectivity index (χ0n) is 19.9. The molecule has 1 unspecified atom stereocenters. The van der Waals surface area contributed by atoms with E-state index in [1.54, 1.807) is 17.0 Å². The second kappa shape index (κ2) is 10.1. The lowest BCUT2D eigenvalue weighted by Gasteiger charge is -2.30. The first-order valence-corrected chi connectivity index (χ1v) is 12.2. The van der Waals surface area contributed by atoms with Crippen molar-refractivity contribution in [2.45, 2.75) is 25.8 Å². The average molecular weight is 475 g/mol. The Hall–Kier alpha value is -3.42. The van der Waals surface area contributed by atoms with Gasteiger partial charge in [-0.15, -0.1) is 0 Å². The molecule has 1 aromatic heterocycles. The maximum atomic E-state index is 13.6. The van der Waals surface area contributed by atoms with E-state index in [0.29, 0.717) is 25.3 Å². The summed E-state index contributed by atoms with van der Waals surface area (Å²) in [6.07, 6.45) is 1.62. The highest BCUT2D eigenvalue weighted by atomic mass is 16.5. The fourth-order valence-corrected chi connectivity index (χ4v) is 4.91. The number of aliphatic hydroxyl groups excluding tert-OH is 1. The van der Waals surface area contributed by atoms with Crippen LogP contribution in [0.3, 0.4) is 0 Å². The van der Waals surface area contributed by atoms with E-state index in [4.69, 9.17) is 9.15 Å². The number of Topliss-reactive ketones (excluding diaryl/α,β-unsaturated/α-hetero) is 1. The Labute approximate surface area is 204 Å². The minimum Gasteiger partial charge on any atom is -0.503 e. The van der Waals surface area contributed by atoms with Crippen molar-refractivity contribution < 1.29 is 23.8 Å². The fourth-order valence-electron chi connectivity index (χ4n) is 4.91. The number of rotatable bonds is 8. The SMILES string of the molecule is CCc1ccc(C2C(C(=O)c3cc4ccccc4o3)=C(O)C(=O)N2CCCN2CCOCC2)cc1. The first-order valence-electron chi connectivity index (χ1n) is 12.2. The Kier molecular flexibility index (Phi) is 6.70. The number of benzene rings is 2. The molecule has 3 aromatic rings. The van der Waals surface area contributed by atoms with Gasteiger partial charge in [-0.25, -0.2) is 0 Å². The molecule has 7 nitrogen and oxygen atoms in total. The molecule has 2 aliphatic heterocycles. The van der Waals surface area contributed by atoms with Gasteiger partial charge in [0, 0.05) is 31.6 Å². The van der Waals surface area contributed by atoms with Crippen LogP contribution >= 0.6 is 0 Å². The average Bonchev–Trinajstić information content (AvgIpc) is 3.44. The van der Waals surface area contributed by atoms with E-state index in [9.17, 15) is 14.7 Å². The lowest BCUT2D eigenvalue weighted by molar-refractivity contribution is -0.129. The number of aliphatic hydroxyl groups is 1. The number of carbonyl (C=O) groups is 2. The predicted octanol–water partition coefficient (Wildman–Crippen LogP) is 4.30. The number of amides is 1. The van der Waals surface area contributed by atoms with Gasteiger partial charge in [-0.3, -0.25) is 14.5 Å². The van der Waals surface area contributed by atoms with Crippen LogP contribution in [0.4, 0.5) is 0 Å². The molecule has 0 radical (unpaired) electrons. The molecule has 2 aromatic carbocycles. The van der Waals surface area contributed by atoms with Crippen LogP contribution in [0, 0.1) is 0 Å². The number of hydrogen-bond donors (Lipinski definition) is 1. The molecule has 7 heteroatoms. The second-order valence-corrected chi connectivity index (χ2v) is 9.04. The van der Waals surface area contributed by atoms with E-state index in [1.165, 1.54) is 0 Å². The number of morpholine rings is 1. The van der Waals surface area contributed by atoms with E-state index in [2.05, 4.69) is 11.8 Å². The lowest BCUT2D eigenvalue weighted by atomic mass is 9.94. The van der Waals surface area contributed by atoms with Gasteiger partial charge in [0.1, 0.15) is 5.58 Å². The van der Waals surface area contributed by atoms with E-state index in [0.717, 1.165) is 49.0 Å². The van der Waals surface area contributed by atoms with Crippen molar-refractivity contribution in [3.63, 3.8) is 0 Å². The van der Waals surface area contributed by atoms with E-state index >= 15 is 0 Å². The summed E-state index contributed by atoms with van der Waals surface area (Å²) in [5, 5.41) is 11.7. The van der Waals surface area contributed by atoms with Crippen molar-refractivity contribution in [2.24, 2.45) is 0 Å². The molecule has 2 aliphatic rings. The molecule has 0 spiro atoms. The van der Waals surface area contributed by atoms with Crippen LogP contribution in [-0.4, -0.2) is 66.0 Å². The number of ether oxygens (including phenoxy) is 1. The van der Waals surface area contributed by atoms with Crippen LogP contribution in [0.2, 0.25) is 0 Å². The summed E-state index contributed by atoms with van der Waals surface area (Å²) >= 11 is 0. The highest BCUT2D eigenvalue weighted by Crippen LogP contribution is 2.39. The smallest absolute Gasteiger partial charge is 0.290 e. The van der Waals surface area contributed by atoms with Crippen molar-refractivity contribution in [1.82, 2.24) is 9.80 Å². The Morgan fingerprint density at radius 1 is 1.06 bits per heavy atom. The number of ketones is 1. The highest BCUT2D eigenvalue weighted by Gasteiger charge is 2.44. The first-order chi connectivity index (χ1) is 17.1. The van der Waals surface area contributed by atoms with Crippen LogP contribution in [0.5, 0.6) is 0 Å². The Balaban J connectivity index is 1.45. The zero-order chi connectivity index (χ0) is 24.4. The van der Waals surface area contributed by atoms with Gasteiger partial charge in [0.15, 0.2) is 11.5 Å². The fraction of sp³-hybridized carbons (Fsp3) is 0.357. The molecule has 0 saturated carbocycles. The maximum Gasteiger partial charge on any atom is 0.290 e. The monoisotopic (exact) mass is 474 g/mol. The predicted molar refractivity (Wildman–Crippen MR) is 132 cm³/mol. The number of fused-ring (bicyclic) bond motifs is 1. The van der Waals surface area contributed by atoms with Crippen LogP contribution in [-0.2, 0) is 16.0 Å². The van der Waals surface area contributed by atoms with Gasteiger partial charge in [-0.2, -0.15) is 0 Å². The van der Waals surface area contributed by atoms with Crippen molar-refractivity contribution in [1.29, 1.82) is 0 Å². The molecule has 1 fully saturated rings. The summed E-state index contributed by atoms with van der Waals surface area (Å²) in [5.41, 5.74) is 2.62. The summed E-state index contributed by atoms with van der Waals surface area (Å²) in [4.78, 5) is 30.8. The highest BCUT2D eigenvalue weighted by molar-refractivity contribution is 6.16. The standard InChI is InChI=1S/C28H30N2O5/c1-2-19-8-10-20(11-9-19)25-24(26(31)23-18-21-6-3-4-7-22(21)35-23)27(32)28(33)30(25)13-5-12-29-14-16-34-17-15-29/h3-4,6-11,18,25,32H,2,5,12-17H2,1H3. The van der Waals surface area contributed by atoms with Crippen LogP contribution in [0.15, 0.2) is 70.3 Å². The number of para-hydroxylation sites is 1. The molecule has 1 saturated heterocycles. The topological polar surface area (TPSA) is 83.2 Å². The Morgan fingerprint density at radius 2 is 1.80 bits per heavy atom. The number of furan rings is 1. The molecule has 1 atom stereocenters. The van der Waals surface area contributed by atoms with Gasteiger partial charge in [-0.1, -0.05) is 49.4 Å². The molecule has 0 aliphatic carbocycles. The number of aryl methyl sites for hydroxylation is 1. The number of hydrogen-bond acceptors (Lipinski definition) is 6.